The molecule has 1 atom stereocenters. The predicted octanol–water partition coefficient (Wildman–Crippen LogP) is 3.99. The third-order valence-corrected chi connectivity index (χ3v) is 4.78. The second-order valence-corrected chi connectivity index (χ2v) is 7.10. The highest BCUT2D eigenvalue weighted by Crippen LogP contribution is 2.33. The van der Waals surface area contributed by atoms with Crippen molar-refractivity contribution < 1.29 is 14.9 Å². The number of amidine groups is 1. The summed E-state index contributed by atoms with van der Waals surface area (Å²) in [5.41, 5.74) is 2.09. The molecule has 3 rings (SSSR count). The van der Waals surface area contributed by atoms with Gasteiger partial charge in [0.25, 0.3) is 0 Å². The lowest BCUT2D eigenvalue weighted by molar-refractivity contribution is 0.264. The van der Waals surface area contributed by atoms with Gasteiger partial charge in [0, 0.05) is 11.7 Å². The molecule has 2 aromatic carbocycles. The molecule has 0 spiro atoms. The molecular formula is C20H22N4O3S. The van der Waals surface area contributed by atoms with Crippen molar-refractivity contribution in [3.8, 4) is 17.4 Å². The summed E-state index contributed by atoms with van der Waals surface area (Å²) < 4.78 is 9.81. The molecule has 0 amide bonds. The van der Waals surface area contributed by atoms with Crippen molar-refractivity contribution in [2.45, 2.75) is 19.9 Å². The van der Waals surface area contributed by atoms with Crippen LogP contribution in [-0.4, -0.2) is 33.1 Å². The summed E-state index contributed by atoms with van der Waals surface area (Å²) in [5.74, 6) is 1.28. The minimum atomic E-state index is -0.308. The normalized spacial score (nSPS) is 11.7. The number of para-hydroxylation sites is 1. The number of anilines is 2. The third-order valence-electron chi connectivity index (χ3n) is 4.02. The first-order valence-corrected chi connectivity index (χ1v) is 9.50. The molecule has 28 heavy (non-hydrogen) atoms. The number of aryl methyl sites for hydroxylation is 1. The van der Waals surface area contributed by atoms with E-state index in [4.69, 9.17) is 15.3 Å². The zero-order valence-electron chi connectivity index (χ0n) is 15.6. The van der Waals surface area contributed by atoms with E-state index in [2.05, 4.69) is 15.0 Å². The van der Waals surface area contributed by atoms with Gasteiger partial charge in [0.15, 0.2) is 0 Å². The van der Waals surface area contributed by atoms with Crippen molar-refractivity contribution in [3.63, 3.8) is 0 Å². The minimum absolute atomic E-state index is 0.00481. The lowest BCUT2D eigenvalue weighted by Gasteiger charge is -2.14. The van der Waals surface area contributed by atoms with Gasteiger partial charge >= 0.3 is 0 Å². The van der Waals surface area contributed by atoms with Gasteiger partial charge in [0.2, 0.25) is 5.88 Å². The molecule has 0 aliphatic rings. The number of ether oxygens (including phenoxy) is 1. The van der Waals surface area contributed by atoms with E-state index in [0.717, 1.165) is 28.5 Å². The van der Waals surface area contributed by atoms with Gasteiger partial charge in [0.1, 0.15) is 27.9 Å². The van der Waals surface area contributed by atoms with Crippen LogP contribution in [0.15, 0.2) is 48.5 Å². The lowest BCUT2D eigenvalue weighted by atomic mass is 10.2. The Morgan fingerprint density at radius 1 is 1.21 bits per heavy atom. The monoisotopic (exact) mass is 398 g/mol. The van der Waals surface area contributed by atoms with Crippen LogP contribution in [0.25, 0.3) is 0 Å². The summed E-state index contributed by atoms with van der Waals surface area (Å²) in [6.07, 6.45) is 0. The van der Waals surface area contributed by atoms with E-state index in [1.807, 2.05) is 55.5 Å². The standard InChI is InChI=1S/C20H22N4O3S/c1-12-5-3-4-6-16(12)27-15-9-7-14(8-10-15)23-20-17(19(26)24-28-20)18(21)22-13(2)11-25/h3-10,13,23,25H,11H2,1-2H3,(H2,21,22)(H,24,26). The molecule has 8 heteroatoms. The van der Waals surface area contributed by atoms with Crippen molar-refractivity contribution in [1.82, 2.24) is 9.69 Å². The third kappa shape index (κ3) is 4.59. The summed E-state index contributed by atoms with van der Waals surface area (Å²) in [6.45, 7) is 3.61. The van der Waals surface area contributed by atoms with Gasteiger partial charge in [-0.05, 0) is 61.3 Å². The SMILES string of the molecule is Cc1ccccc1Oc1ccc(Nc2snc(O)c2C(=N)NC(C)CO)cc1. The molecule has 1 aromatic heterocycles. The van der Waals surface area contributed by atoms with Gasteiger partial charge in [-0.1, -0.05) is 18.2 Å². The van der Waals surface area contributed by atoms with Crippen molar-refractivity contribution in [2.24, 2.45) is 0 Å². The van der Waals surface area contributed by atoms with Crippen LogP contribution in [0.3, 0.4) is 0 Å². The minimum Gasteiger partial charge on any atom is -0.492 e. The number of aromatic hydroxyl groups is 1. The molecule has 0 radical (unpaired) electrons. The van der Waals surface area contributed by atoms with E-state index >= 15 is 0 Å². The maximum absolute atomic E-state index is 10.00. The highest BCUT2D eigenvalue weighted by atomic mass is 32.1. The lowest BCUT2D eigenvalue weighted by Crippen LogP contribution is -2.35. The number of nitrogens with one attached hydrogen (secondary N) is 3. The predicted molar refractivity (Wildman–Crippen MR) is 111 cm³/mol. The summed E-state index contributed by atoms with van der Waals surface area (Å²) in [4.78, 5) is 0. The van der Waals surface area contributed by atoms with Crippen LogP contribution in [0.1, 0.15) is 18.1 Å². The Labute approximate surface area is 167 Å². The number of hydrogen-bond acceptors (Lipinski definition) is 7. The van der Waals surface area contributed by atoms with Gasteiger partial charge in [-0.3, -0.25) is 5.41 Å². The molecule has 0 aliphatic carbocycles. The van der Waals surface area contributed by atoms with Gasteiger partial charge in [0.05, 0.1) is 6.61 Å². The van der Waals surface area contributed by atoms with Crippen LogP contribution >= 0.6 is 11.5 Å². The van der Waals surface area contributed by atoms with Gasteiger partial charge < -0.3 is 25.6 Å². The molecule has 1 unspecified atom stereocenters. The number of aliphatic hydroxyl groups excluding tert-OH is 1. The molecule has 0 saturated heterocycles. The van der Waals surface area contributed by atoms with Crippen molar-refractivity contribution in [3.05, 3.63) is 59.7 Å². The Morgan fingerprint density at radius 2 is 1.93 bits per heavy atom. The Hall–Kier alpha value is -3.10. The van der Waals surface area contributed by atoms with E-state index in [1.54, 1.807) is 6.92 Å². The second-order valence-electron chi connectivity index (χ2n) is 6.33. The van der Waals surface area contributed by atoms with Crippen LogP contribution in [-0.2, 0) is 0 Å². The van der Waals surface area contributed by atoms with Crippen LogP contribution in [0.5, 0.6) is 17.4 Å². The first kappa shape index (κ1) is 19.7. The molecule has 0 aliphatic heterocycles. The van der Waals surface area contributed by atoms with Crippen LogP contribution < -0.4 is 15.4 Å². The summed E-state index contributed by atoms with van der Waals surface area (Å²) in [7, 11) is 0. The Morgan fingerprint density at radius 3 is 2.61 bits per heavy atom. The summed E-state index contributed by atoms with van der Waals surface area (Å²) in [5, 5.41) is 33.8. The topological polar surface area (TPSA) is 110 Å². The van der Waals surface area contributed by atoms with Crippen molar-refractivity contribution >= 4 is 28.1 Å². The maximum atomic E-state index is 10.00. The maximum Gasteiger partial charge on any atom is 0.236 e. The smallest absolute Gasteiger partial charge is 0.236 e. The van der Waals surface area contributed by atoms with Crippen molar-refractivity contribution in [1.29, 1.82) is 5.41 Å². The number of nitrogens with zero attached hydrogens (tertiary/aromatic N) is 1. The quantitative estimate of drug-likeness (QED) is 0.304. The number of aliphatic hydroxyl groups is 1. The molecule has 0 fully saturated rings. The van der Waals surface area contributed by atoms with Gasteiger partial charge in [-0.2, -0.15) is 4.37 Å². The fourth-order valence-electron chi connectivity index (χ4n) is 2.49. The van der Waals surface area contributed by atoms with Gasteiger partial charge in [-0.25, -0.2) is 0 Å². The van der Waals surface area contributed by atoms with Crippen LogP contribution in [0.4, 0.5) is 10.7 Å². The molecule has 146 valence electrons. The summed E-state index contributed by atoms with van der Waals surface area (Å²) in [6, 6.07) is 14.9. The zero-order valence-corrected chi connectivity index (χ0v) is 16.4. The molecule has 0 saturated carbocycles. The highest BCUT2D eigenvalue weighted by molar-refractivity contribution is 7.11. The molecule has 0 bridgehead atoms. The summed E-state index contributed by atoms with van der Waals surface area (Å²) >= 11 is 1.06. The molecule has 5 N–H and O–H groups in total. The molecular weight excluding hydrogens is 376 g/mol. The van der Waals surface area contributed by atoms with Gasteiger partial charge in [-0.15, -0.1) is 0 Å². The Balaban J connectivity index is 1.73. The van der Waals surface area contributed by atoms with E-state index in [0.29, 0.717) is 10.8 Å². The van der Waals surface area contributed by atoms with Crippen LogP contribution in [0, 0.1) is 12.3 Å². The first-order chi connectivity index (χ1) is 13.5. The Kier molecular flexibility index (Phi) is 6.13. The van der Waals surface area contributed by atoms with Crippen LogP contribution in [0.2, 0.25) is 0 Å². The second kappa shape index (κ2) is 8.73. The molecule has 7 nitrogen and oxygen atoms in total. The van der Waals surface area contributed by atoms with E-state index < -0.39 is 0 Å². The molecule has 3 aromatic rings. The number of benzene rings is 2. The number of aromatic nitrogens is 1. The first-order valence-electron chi connectivity index (χ1n) is 8.73. The average molecular weight is 398 g/mol. The molecule has 1 heterocycles. The van der Waals surface area contributed by atoms with E-state index in [9.17, 15) is 5.11 Å². The van der Waals surface area contributed by atoms with E-state index in [1.165, 1.54) is 0 Å². The zero-order chi connectivity index (χ0) is 20.1. The van der Waals surface area contributed by atoms with E-state index in [-0.39, 0.29) is 29.9 Å². The largest absolute Gasteiger partial charge is 0.492 e. The van der Waals surface area contributed by atoms with Crippen molar-refractivity contribution in [2.75, 3.05) is 11.9 Å². The fourth-order valence-corrected chi connectivity index (χ4v) is 3.21. The number of rotatable bonds is 7. The average Bonchev–Trinajstić information content (AvgIpc) is 3.05. The fraction of sp³-hybridized carbons (Fsp3) is 0.200. The Bertz CT molecular complexity index is 956. The number of hydrogen-bond donors (Lipinski definition) is 5. The highest BCUT2D eigenvalue weighted by Gasteiger charge is 2.19.